The number of nitrogen functional groups attached to an aromatic ring is 1. The smallest absolute Gasteiger partial charge is 0.231 e. The minimum atomic E-state index is -0.133. The van der Waals surface area contributed by atoms with Gasteiger partial charge < -0.3 is 30.0 Å². The number of hydrogen-bond acceptors (Lipinski definition) is 6. The second kappa shape index (κ2) is 9.78. The third-order valence-electron chi connectivity index (χ3n) is 3.77. The lowest BCUT2D eigenvalue weighted by atomic mass is 10.2. The highest BCUT2D eigenvalue weighted by Gasteiger charge is 2.17. The number of benzene rings is 2. The number of amides is 1. The van der Waals surface area contributed by atoms with Crippen LogP contribution in [0.15, 0.2) is 36.4 Å². The summed E-state index contributed by atoms with van der Waals surface area (Å²) in [5.74, 6) is 2.58. The molecule has 1 aliphatic heterocycles. The van der Waals surface area contributed by atoms with E-state index < -0.39 is 0 Å². The van der Waals surface area contributed by atoms with Gasteiger partial charge in [0, 0.05) is 18.6 Å². The van der Waals surface area contributed by atoms with Gasteiger partial charge in [-0.1, -0.05) is 0 Å². The van der Waals surface area contributed by atoms with Crippen LogP contribution in [0.5, 0.6) is 23.0 Å². The van der Waals surface area contributed by atoms with Gasteiger partial charge in [0.25, 0.3) is 0 Å². The third-order valence-corrected chi connectivity index (χ3v) is 3.77. The van der Waals surface area contributed by atoms with Gasteiger partial charge in [0.2, 0.25) is 12.7 Å². The number of rotatable bonds is 8. The van der Waals surface area contributed by atoms with Crippen molar-refractivity contribution in [3.63, 3.8) is 0 Å². The Bertz CT molecular complexity index is 767. The van der Waals surface area contributed by atoms with Crippen molar-refractivity contribution in [3.05, 3.63) is 36.4 Å². The van der Waals surface area contributed by atoms with Gasteiger partial charge in [0.1, 0.15) is 11.5 Å². The molecule has 1 aliphatic rings. The summed E-state index contributed by atoms with van der Waals surface area (Å²) in [6.45, 7) is 3.17. The lowest BCUT2D eigenvalue weighted by molar-refractivity contribution is -0.116. The predicted molar refractivity (Wildman–Crippen MR) is 105 cm³/mol. The van der Waals surface area contributed by atoms with E-state index in [4.69, 9.17) is 24.7 Å². The van der Waals surface area contributed by atoms with Crippen LogP contribution in [0, 0.1) is 0 Å². The quantitative estimate of drug-likeness (QED) is 0.524. The number of carbonyl (C=O) groups excluding carboxylic acids is 1. The lowest BCUT2D eigenvalue weighted by Gasteiger charge is -2.10. The monoisotopic (exact) mass is 394 g/mol. The average Bonchev–Trinajstić information content (AvgIpc) is 3.08. The van der Waals surface area contributed by atoms with Crippen molar-refractivity contribution in [2.24, 2.45) is 0 Å². The van der Waals surface area contributed by atoms with Gasteiger partial charge in [0.15, 0.2) is 11.5 Å². The molecule has 0 saturated heterocycles. The molecule has 0 radical (unpaired) electrons. The summed E-state index contributed by atoms with van der Waals surface area (Å²) in [6, 6.07) is 10.7. The predicted octanol–water partition coefficient (Wildman–Crippen LogP) is 3.62. The van der Waals surface area contributed by atoms with Crippen molar-refractivity contribution in [1.82, 2.24) is 0 Å². The van der Waals surface area contributed by atoms with Gasteiger partial charge in [-0.2, -0.15) is 0 Å². The summed E-state index contributed by atoms with van der Waals surface area (Å²) >= 11 is 0. The van der Waals surface area contributed by atoms with Gasteiger partial charge in [-0.3, -0.25) is 4.79 Å². The molecule has 2 aromatic carbocycles. The molecule has 7 nitrogen and oxygen atoms in total. The average molecular weight is 395 g/mol. The van der Waals surface area contributed by atoms with E-state index in [-0.39, 0.29) is 25.1 Å². The summed E-state index contributed by atoms with van der Waals surface area (Å²) in [6.07, 6.45) is 0.911. The summed E-state index contributed by atoms with van der Waals surface area (Å²) < 4.78 is 21.5. The molecule has 8 heteroatoms. The molecule has 0 aromatic heterocycles. The van der Waals surface area contributed by atoms with Crippen LogP contribution in [-0.2, 0) is 4.79 Å². The topological polar surface area (TPSA) is 92.0 Å². The molecule has 2 aromatic rings. The van der Waals surface area contributed by atoms with E-state index >= 15 is 0 Å². The third kappa shape index (κ3) is 5.59. The van der Waals surface area contributed by atoms with Crippen molar-refractivity contribution in [2.75, 3.05) is 31.1 Å². The van der Waals surface area contributed by atoms with Crippen molar-refractivity contribution < 1.29 is 23.7 Å². The van der Waals surface area contributed by atoms with Crippen LogP contribution in [0.1, 0.15) is 19.8 Å². The molecule has 27 heavy (non-hydrogen) atoms. The second-order valence-corrected chi connectivity index (χ2v) is 5.70. The maximum Gasteiger partial charge on any atom is 0.231 e. The number of nitrogens with two attached hydrogens (primary N) is 1. The van der Waals surface area contributed by atoms with Crippen LogP contribution in [0.25, 0.3) is 0 Å². The maximum absolute atomic E-state index is 12.1. The lowest BCUT2D eigenvalue weighted by Crippen LogP contribution is -2.14. The SMILES string of the molecule is CCOc1ccc(OCCCC(=O)Nc2cc3c(cc2N)OCO3)cc1.Cl. The van der Waals surface area contributed by atoms with Gasteiger partial charge >= 0.3 is 0 Å². The summed E-state index contributed by atoms with van der Waals surface area (Å²) in [5, 5.41) is 2.79. The molecule has 3 rings (SSSR count). The maximum atomic E-state index is 12.1. The normalized spacial score (nSPS) is 11.4. The highest BCUT2D eigenvalue weighted by atomic mass is 35.5. The molecule has 0 atom stereocenters. The number of ether oxygens (including phenoxy) is 4. The van der Waals surface area contributed by atoms with Crippen LogP contribution >= 0.6 is 12.4 Å². The van der Waals surface area contributed by atoms with E-state index in [1.54, 1.807) is 12.1 Å². The highest BCUT2D eigenvalue weighted by molar-refractivity contribution is 5.94. The van der Waals surface area contributed by atoms with Crippen LogP contribution in [0.4, 0.5) is 11.4 Å². The Kier molecular flexibility index (Phi) is 7.43. The van der Waals surface area contributed by atoms with E-state index in [1.807, 2.05) is 31.2 Å². The summed E-state index contributed by atoms with van der Waals surface area (Å²) in [7, 11) is 0. The van der Waals surface area contributed by atoms with Gasteiger partial charge in [-0.15, -0.1) is 12.4 Å². The van der Waals surface area contributed by atoms with Gasteiger partial charge in [0.05, 0.1) is 24.6 Å². The molecular formula is C19H23ClN2O5. The van der Waals surface area contributed by atoms with Crippen LogP contribution in [-0.4, -0.2) is 25.9 Å². The molecule has 146 valence electrons. The zero-order chi connectivity index (χ0) is 18.4. The Morgan fingerprint density at radius 3 is 2.41 bits per heavy atom. The Hall–Kier alpha value is -2.80. The van der Waals surface area contributed by atoms with Crippen LogP contribution in [0.2, 0.25) is 0 Å². The van der Waals surface area contributed by atoms with Gasteiger partial charge in [-0.25, -0.2) is 0 Å². The number of fused-ring (bicyclic) bond motifs is 1. The molecule has 1 amide bonds. The van der Waals surface area contributed by atoms with E-state index in [1.165, 1.54) is 0 Å². The largest absolute Gasteiger partial charge is 0.494 e. The van der Waals surface area contributed by atoms with Crippen molar-refractivity contribution in [2.45, 2.75) is 19.8 Å². The molecule has 0 spiro atoms. The van der Waals surface area contributed by atoms with E-state index in [9.17, 15) is 4.79 Å². The first-order valence-electron chi connectivity index (χ1n) is 8.50. The van der Waals surface area contributed by atoms with Gasteiger partial charge in [-0.05, 0) is 37.6 Å². The minimum absolute atomic E-state index is 0. The van der Waals surface area contributed by atoms with Crippen molar-refractivity contribution >= 4 is 29.7 Å². The fourth-order valence-electron chi connectivity index (χ4n) is 2.50. The second-order valence-electron chi connectivity index (χ2n) is 5.70. The standard InChI is InChI=1S/C19H22N2O5.ClH/c1-2-23-13-5-7-14(8-6-13)24-9-3-4-19(22)21-16-11-18-17(10-15(16)20)25-12-26-18;/h5-8,10-11H,2-4,9,12,20H2,1H3,(H,21,22);1H. The van der Waals surface area contributed by atoms with E-state index in [0.717, 1.165) is 11.5 Å². The Balaban J connectivity index is 0.00000261. The fraction of sp³-hybridized carbons (Fsp3) is 0.316. The minimum Gasteiger partial charge on any atom is -0.494 e. The molecule has 0 aliphatic carbocycles. The van der Waals surface area contributed by atoms with Crippen molar-refractivity contribution in [3.8, 4) is 23.0 Å². The molecule has 0 saturated carbocycles. The number of nitrogens with one attached hydrogen (secondary N) is 1. The first kappa shape index (κ1) is 20.5. The highest BCUT2D eigenvalue weighted by Crippen LogP contribution is 2.38. The number of anilines is 2. The summed E-state index contributed by atoms with van der Waals surface area (Å²) in [4.78, 5) is 12.1. The zero-order valence-electron chi connectivity index (χ0n) is 15.0. The molecule has 3 N–H and O–H groups in total. The molecule has 1 heterocycles. The Morgan fingerprint density at radius 1 is 1.11 bits per heavy atom. The van der Waals surface area contributed by atoms with Crippen LogP contribution in [0.3, 0.4) is 0 Å². The van der Waals surface area contributed by atoms with E-state index in [2.05, 4.69) is 5.32 Å². The number of hydrogen-bond donors (Lipinski definition) is 2. The Labute approximate surface area is 164 Å². The number of carbonyl (C=O) groups is 1. The molecule has 0 bridgehead atoms. The first-order valence-corrected chi connectivity index (χ1v) is 8.50. The first-order chi connectivity index (χ1) is 12.7. The van der Waals surface area contributed by atoms with Crippen LogP contribution < -0.4 is 30.0 Å². The van der Waals surface area contributed by atoms with E-state index in [0.29, 0.717) is 48.9 Å². The number of halogens is 1. The zero-order valence-corrected chi connectivity index (χ0v) is 15.8. The molecular weight excluding hydrogens is 372 g/mol. The van der Waals surface area contributed by atoms with Crippen molar-refractivity contribution in [1.29, 1.82) is 0 Å². The Morgan fingerprint density at radius 2 is 1.74 bits per heavy atom. The molecule has 0 fully saturated rings. The fourth-order valence-corrected chi connectivity index (χ4v) is 2.50. The molecule has 0 unspecified atom stereocenters. The summed E-state index contributed by atoms with van der Waals surface area (Å²) in [5.41, 5.74) is 6.88.